The summed E-state index contributed by atoms with van der Waals surface area (Å²) in [5.41, 5.74) is 0.429. The predicted octanol–water partition coefficient (Wildman–Crippen LogP) is 1.77. The van der Waals surface area contributed by atoms with Crippen LogP contribution in [-0.2, 0) is 6.54 Å². The topological polar surface area (TPSA) is 32.3 Å². The van der Waals surface area contributed by atoms with Crippen molar-refractivity contribution in [3.8, 4) is 5.75 Å². The van der Waals surface area contributed by atoms with Crippen LogP contribution in [0.3, 0.4) is 0 Å². The van der Waals surface area contributed by atoms with Crippen LogP contribution in [0.2, 0.25) is 0 Å². The van der Waals surface area contributed by atoms with Crippen molar-refractivity contribution in [1.29, 1.82) is 0 Å². The van der Waals surface area contributed by atoms with Crippen LogP contribution in [0.1, 0.15) is 5.56 Å². The molecule has 11 heavy (non-hydrogen) atoms. The van der Waals surface area contributed by atoms with Gasteiger partial charge in [0.2, 0.25) is 0 Å². The lowest BCUT2D eigenvalue weighted by Crippen LogP contribution is -2.00. The minimum Gasteiger partial charge on any atom is -0.508 e. The number of nitrogens with one attached hydrogen (secondary N) is 1. The van der Waals surface area contributed by atoms with Gasteiger partial charge in [0, 0.05) is 18.2 Å². The molecule has 0 fully saturated rings. The third kappa shape index (κ3) is 2.06. The van der Waals surface area contributed by atoms with E-state index < -0.39 is 5.82 Å². The first-order chi connectivity index (χ1) is 5.24. The van der Waals surface area contributed by atoms with Crippen molar-refractivity contribution in [1.82, 2.24) is 4.84 Å². The summed E-state index contributed by atoms with van der Waals surface area (Å²) < 4.78 is 12.8. The molecule has 0 heterocycles. The molecule has 0 saturated carbocycles. The van der Waals surface area contributed by atoms with E-state index in [4.69, 9.17) is 16.9 Å². The van der Waals surface area contributed by atoms with Crippen molar-refractivity contribution in [2.45, 2.75) is 6.54 Å². The molecular formula is C7H7ClFNO. The highest BCUT2D eigenvalue weighted by Crippen LogP contribution is 2.14. The predicted molar refractivity (Wildman–Crippen MR) is 40.8 cm³/mol. The number of halogens is 2. The zero-order valence-corrected chi connectivity index (χ0v) is 6.40. The van der Waals surface area contributed by atoms with Gasteiger partial charge >= 0.3 is 0 Å². The van der Waals surface area contributed by atoms with Gasteiger partial charge in [-0.2, -0.15) is 0 Å². The molecule has 0 aliphatic heterocycles. The summed E-state index contributed by atoms with van der Waals surface area (Å²) >= 11 is 5.17. The van der Waals surface area contributed by atoms with Crippen LogP contribution in [0.4, 0.5) is 4.39 Å². The molecule has 1 rings (SSSR count). The van der Waals surface area contributed by atoms with Gasteiger partial charge in [-0.05, 0) is 17.8 Å². The van der Waals surface area contributed by atoms with Gasteiger partial charge in [-0.25, -0.2) is 9.23 Å². The van der Waals surface area contributed by atoms with Gasteiger partial charge in [-0.15, -0.1) is 0 Å². The van der Waals surface area contributed by atoms with Crippen LogP contribution < -0.4 is 4.84 Å². The average Bonchev–Trinajstić information content (AvgIpc) is 1.95. The third-order valence-electron chi connectivity index (χ3n) is 1.29. The van der Waals surface area contributed by atoms with Gasteiger partial charge in [0.05, 0.1) is 0 Å². The first-order valence-electron chi connectivity index (χ1n) is 3.05. The Morgan fingerprint density at radius 3 is 2.82 bits per heavy atom. The van der Waals surface area contributed by atoms with Crippen molar-refractivity contribution in [2.75, 3.05) is 0 Å². The van der Waals surface area contributed by atoms with Crippen LogP contribution in [0, 0.1) is 5.82 Å². The van der Waals surface area contributed by atoms with Gasteiger partial charge in [0.1, 0.15) is 11.6 Å². The highest BCUT2D eigenvalue weighted by molar-refractivity contribution is 6.13. The summed E-state index contributed by atoms with van der Waals surface area (Å²) in [6.45, 7) is 0.244. The Kier molecular flexibility index (Phi) is 2.68. The van der Waals surface area contributed by atoms with Crippen molar-refractivity contribution in [2.24, 2.45) is 0 Å². The molecule has 0 unspecified atom stereocenters. The third-order valence-corrected chi connectivity index (χ3v) is 1.43. The summed E-state index contributed by atoms with van der Waals surface area (Å²) in [5.74, 6) is -0.543. The minimum absolute atomic E-state index is 0.0826. The van der Waals surface area contributed by atoms with Crippen molar-refractivity contribution >= 4 is 11.8 Å². The second-order valence-corrected chi connectivity index (χ2v) is 2.35. The van der Waals surface area contributed by atoms with Crippen molar-refractivity contribution < 1.29 is 9.50 Å². The fraction of sp³-hybridized carbons (Fsp3) is 0.143. The number of aromatic hydroxyl groups is 1. The molecular weight excluding hydrogens is 169 g/mol. The van der Waals surface area contributed by atoms with E-state index in [1.807, 2.05) is 0 Å². The number of phenols is 1. The highest BCUT2D eigenvalue weighted by atomic mass is 35.5. The maximum Gasteiger partial charge on any atom is 0.131 e. The van der Waals surface area contributed by atoms with Gasteiger partial charge in [0.25, 0.3) is 0 Å². The molecule has 0 atom stereocenters. The molecule has 0 radical (unpaired) electrons. The van der Waals surface area contributed by atoms with Gasteiger partial charge < -0.3 is 5.11 Å². The lowest BCUT2D eigenvalue weighted by atomic mass is 10.2. The number of benzene rings is 1. The molecule has 2 nitrogen and oxygen atoms in total. The molecule has 0 amide bonds. The maximum atomic E-state index is 12.8. The summed E-state index contributed by atoms with van der Waals surface area (Å²) in [5, 5.41) is 8.81. The zero-order valence-electron chi connectivity index (χ0n) is 5.64. The van der Waals surface area contributed by atoms with Gasteiger partial charge in [-0.3, -0.25) is 0 Å². The summed E-state index contributed by atoms with van der Waals surface area (Å²) in [6, 6.07) is 3.93. The van der Waals surface area contributed by atoms with E-state index in [9.17, 15) is 4.39 Å². The van der Waals surface area contributed by atoms with Crippen LogP contribution in [0.25, 0.3) is 0 Å². The molecule has 0 saturated heterocycles. The zero-order chi connectivity index (χ0) is 8.27. The van der Waals surface area contributed by atoms with E-state index in [1.165, 1.54) is 12.1 Å². The Balaban J connectivity index is 2.90. The fourth-order valence-electron chi connectivity index (χ4n) is 0.752. The Labute approximate surface area is 68.7 Å². The number of phenolic OH excluding ortho intramolecular Hbond substituents is 1. The Bertz CT molecular complexity index is 254. The van der Waals surface area contributed by atoms with Gasteiger partial charge in [0.15, 0.2) is 0 Å². The lowest BCUT2D eigenvalue weighted by molar-refractivity contribution is 0.467. The monoisotopic (exact) mass is 175 g/mol. The number of hydrogen-bond donors (Lipinski definition) is 2. The molecule has 0 aromatic heterocycles. The molecule has 0 spiro atoms. The summed E-state index contributed by atoms with van der Waals surface area (Å²) in [6.07, 6.45) is 0. The van der Waals surface area contributed by atoms with Crippen LogP contribution in [0.5, 0.6) is 5.75 Å². The second-order valence-electron chi connectivity index (χ2n) is 2.09. The molecule has 1 aromatic carbocycles. The fourth-order valence-corrected chi connectivity index (χ4v) is 0.896. The largest absolute Gasteiger partial charge is 0.508 e. The van der Waals surface area contributed by atoms with Crippen LogP contribution in [-0.4, -0.2) is 5.11 Å². The van der Waals surface area contributed by atoms with Crippen LogP contribution in [0.15, 0.2) is 18.2 Å². The molecule has 1 aromatic rings. The van der Waals surface area contributed by atoms with Crippen LogP contribution >= 0.6 is 11.8 Å². The molecule has 0 aliphatic rings. The lowest BCUT2D eigenvalue weighted by Gasteiger charge is -2.00. The highest BCUT2D eigenvalue weighted by Gasteiger charge is 2.00. The molecule has 4 heteroatoms. The Morgan fingerprint density at radius 2 is 2.27 bits per heavy atom. The SMILES string of the molecule is Oc1ccc(CNCl)c(F)c1. The Morgan fingerprint density at radius 1 is 1.55 bits per heavy atom. The van der Waals surface area contributed by atoms with E-state index in [2.05, 4.69) is 4.84 Å². The van der Waals surface area contributed by atoms with Gasteiger partial charge in [-0.1, -0.05) is 6.07 Å². The standard InChI is InChI=1S/C7H7ClFNO/c8-10-4-5-1-2-6(11)3-7(5)9/h1-3,10-11H,4H2. The smallest absolute Gasteiger partial charge is 0.131 e. The molecule has 60 valence electrons. The molecule has 0 bridgehead atoms. The number of rotatable bonds is 2. The Hall–Kier alpha value is -0.800. The van der Waals surface area contributed by atoms with E-state index in [-0.39, 0.29) is 12.3 Å². The first-order valence-corrected chi connectivity index (χ1v) is 3.42. The summed E-state index contributed by atoms with van der Waals surface area (Å²) in [7, 11) is 0. The van der Waals surface area contributed by atoms with E-state index in [0.717, 1.165) is 6.07 Å². The van der Waals surface area contributed by atoms with E-state index in [0.29, 0.717) is 5.56 Å². The molecule has 2 N–H and O–H groups in total. The molecule has 0 aliphatic carbocycles. The van der Waals surface area contributed by atoms with Crippen molar-refractivity contribution in [3.05, 3.63) is 29.6 Å². The quantitative estimate of drug-likeness (QED) is 0.672. The van der Waals surface area contributed by atoms with E-state index >= 15 is 0 Å². The minimum atomic E-state index is -0.460. The van der Waals surface area contributed by atoms with Crippen molar-refractivity contribution in [3.63, 3.8) is 0 Å². The summed E-state index contributed by atoms with van der Waals surface area (Å²) in [4.78, 5) is 2.29. The normalized spacial score (nSPS) is 10.0. The van der Waals surface area contributed by atoms with E-state index in [1.54, 1.807) is 0 Å². The number of hydrogen-bond acceptors (Lipinski definition) is 2. The average molecular weight is 176 g/mol. The maximum absolute atomic E-state index is 12.8. The second kappa shape index (κ2) is 3.55. The first kappa shape index (κ1) is 8.30.